The Morgan fingerprint density at radius 3 is 2.80 bits per heavy atom. The SMILES string of the molecule is COc1ccccc1/C=N/N=C1/NC(=O)/C(=C\c2coc3ccc(C)cc3c2=O)S1. The predicted molar refractivity (Wildman–Crippen MR) is 119 cm³/mol. The number of thioether (sulfide) groups is 1. The van der Waals surface area contributed by atoms with Crippen molar-refractivity contribution >= 4 is 46.1 Å². The average Bonchev–Trinajstić information content (AvgIpc) is 3.10. The molecule has 0 saturated carbocycles. The topological polar surface area (TPSA) is 93.3 Å². The molecule has 7 nitrogen and oxygen atoms in total. The molecule has 1 aromatic heterocycles. The molecule has 1 saturated heterocycles. The van der Waals surface area contributed by atoms with Gasteiger partial charge in [0.1, 0.15) is 17.6 Å². The van der Waals surface area contributed by atoms with Crippen LogP contribution in [0.4, 0.5) is 0 Å². The van der Waals surface area contributed by atoms with E-state index >= 15 is 0 Å². The van der Waals surface area contributed by atoms with Crippen LogP contribution in [-0.2, 0) is 4.79 Å². The fourth-order valence-corrected chi connectivity index (χ4v) is 3.66. The highest BCUT2D eigenvalue weighted by atomic mass is 32.2. The molecule has 0 radical (unpaired) electrons. The number of carbonyl (C=O) groups is 1. The van der Waals surface area contributed by atoms with Crippen molar-refractivity contribution in [3.05, 3.63) is 80.5 Å². The molecule has 1 amide bonds. The number of para-hydroxylation sites is 1. The molecule has 3 aromatic rings. The van der Waals surface area contributed by atoms with Gasteiger partial charge in [-0.1, -0.05) is 23.8 Å². The molecule has 1 aliphatic heterocycles. The van der Waals surface area contributed by atoms with E-state index in [-0.39, 0.29) is 11.3 Å². The zero-order valence-corrected chi connectivity index (χ0v) is 17.0. The molecule has 2 heterocycles. The highest BCUT2D eigenvalue weighted by Crippen LogP contribution is 2.26. The summed E-state index contributed by atoms with van der Waals surface area (Å²) < 4.78 is 10.8. The quantitative estimate of drug-likeness (QED) is 0.395. The van der Waals surface area contributed by atoms with Gasteiger partial charge in [-0.25, -0.2) is 0 Å². The number of nitrogens with one attached hydrogen (secondary N) is 1. The molecule has 30 heavy (non-hydrogen) atoms. The summed E-state index contributed by atoms with van der Waals surface area (Å²) in [6, 6.07) is 12.8. The Kier molecular flexibility index (Phi) is 5.49. The molecular weight excluding hydrogens is 402 g/mol. The van der Waals surface area contributed by atoms with Crippen LogP contribution in [0.15, 0.2) is 73.0 Å². The van der Waals surface area contributed by atoms with Gasteiger partial charge in [0.2, 0.25) is 0 Å². The van der Waals surface area contributed by atoms with Gasteiger partial charge in [-0.3, -0.25) is 14.9 Å². The Balaban J connectivity index is 1.58. The third-order valence-corrected chi connectivity index (χ3v) is 5.28. The first kappa shape index (κ1) is 19.7. The number of amidine groups is 1. The number of methoxy groups -OCH3 is 1. The Hall–Kier alpha value is -3.65. The predicted octanol–water partition coefficient (Wildman–Crippen LogP) is 3.70. The molecule has 0 bridgehead atoms. The first-order valence-corrected chi connectivity index (χ1v) is 9.84. The van der Waals surface area contributed by atoms with Crippen LogP contribution in [0.25, 0.3) is 17.0 Å². The Morgan fingerprint density at radius 1 is 1.13 bits per heavy atom. The lowest BCUT2D eigenvalue weighted by Gasteiger charge is -2.01. The zero-order valence-electron chi connectivity index (χ0n) is 16.2. The van der Waals surface area contributed by atoms with E-state index in [2.05, 4.69) is 15.5 Å². The fraction of sp³-hybridized carbons (Fsp3) is 0.0909. The second-order valence-electron chi connectivity index (χ2n) is 6.48. The molecule has 1 N–H and O–H groups in total. The Morgan fingerprint density at radius 2 is 1.97 bits per heavy atom. The summed E-state index contributed by atoms with van der Waals surface area (Å²) in [4.78, 5) is 25.3. The maximum absolute atomic E-state index is 12.7. The molecule has 4 rings (SSSR count). The number of aryl methyl sites for hydroxylation is 1. The molecule has 1 aliphatic rings. The van der Waals surface area contributed by atoms with Crippen LogP contribution >= 0.6 is 11.8 Å². The lowest BCUT2D eigenvalue weighted by atomic mass is 10.1. The molecule has 0 aliphatic carbocycles. The van der Waals surface area contributed by atoms with Gasteiger partial charge in [0.05, 0.1) is 29.2 Å². The smallest absolute Gasteiger partial charge is 0.264 e. The number of amides is 1. The lowest BCUT2D eigenvalue weighted by Crippen LogP contribution is -2.19. The van der Waals surface area contributed by atoms with Crippen LogP contribution in [0.3, 0.4) is 0 Å². The Labute approximate surface area is 176 Å². The van der Waals surface area contributed by atoms with Crippen molar-refractivity contribution < 1.29 is 13.9 Å². The van der Waals surface area contributed by atoms with Crippen LogP contribution < -0.4 is 15.5 Å². The van der Waals surface area contributed by atoms with Crippen molar-refractivity contribution in [3.63, 3.8) is 0 Å². The Bertz CT molecular complexity index is 1290. The standard InChI is InChI=1S/C22H17N3O4S/c1-13-7-8-18-16(9-13)20(26)15(12-29-18)10-19-21(27)24-22(30-19)25-23-11-14-5-3-4-6-17(14)28-2/h3-12H,1-2H3,(H,24,25,27)/b19-10+,23-11+. The lowest BCUT2D eigenvalue weighted by molar-refractivity contribution is -0.115. The number of rotatable bonds is 4. The van der Waals surface area contributed by atoms with Gasteiger partial charge < -0.3 is 9.15 Å². The third kappa shape index (κ3) is 4.04. The van der Waals surface area contributed by atoms with Gasteiger partial charge in [-0.15, -0.1) is 5.10 Å². The minimum absolute atomic E-state index is 0.194. The van der Waals surface area contributed by atoms with E-state index in [1.165, 1.54) is 12.3 Å². The summed E-state index contributed by atoms with van der Waals surface area (Å²) >= 11 is 1.10. The zero-order chi connectivity index (χ0) is 21.1. The summed E-state index contributed by atoms with van der Waals surface area (Å²) in [5.74, 6) is 0.318. The van der Waals surface area contributed by atoms with Gasteiger partial charge in [-0.05, 0) is 49.0 Å². The van der Waals surface area contributed by atoms with Gasteiger partial charge in [0.15, 0.2) is 10.6 Å². The van der Waals surface area contributed by atoms with Gasteiger partial charge in [-0.2, -0.15) is 5.10 Å². The van der Waals surface area contributed by atoms with Crippen LogP contribution in [-0.4, -0.2) is 24.4 Å². The van der Waals surface area contributed by atoms with E-state index in [0.717, 1.165) is 22.9 Å². The molecule has 1 fully saturated rings. The first-order chi connectivity index (χ1) is 14.5. The van der Waals surface area contributed by atoms with Gasteiger partial charge >= 0.3 is 0 Å². The largest absolute Gasteiger partial charge is 0.496 e. The van der Waals surface area contributed by atoms with E-state index in [4.69, 9.17) is 9.15 Å². The molecule has 0 atom stereocenters. The molecule has 0 unspecified atom stereocenters. The van der Waals surface area contributed by atoms with E-state index in [0.29, 0.717) is 32.4 Å². The molecule has 0 spiro atoms. The average molecular weight is 419 g/mol. The third-order valence-electron chi connectivity index (χ3n) is 4.38. The van der Waals surface area contributed by atoms with Crippen molar-refractivity contribution in [3.8, 4) is 5.75 Å². The molecule has 8 heteroatoms. The molecule has 2 aromatic carbocycles. The summed E-state index contributed by atoms with van der Waals surface area (Å²) in [6.07, 6.45) is 4.40. The number of hydrogen-bond acceptors (Lipinski definition) is 7. The maximum Gasteiger partial charge on any atom is 0.264 e. The highest BCUT2D eigenvalue weighted by molar-refractivity contribution is 8.18. The summed E-state index contributed by atoms with van der Waals surface area (Å²) in [7, 11) is 1.58. The van der Waals surface area contributed by atoms with Crippen molar-refractivity contribution in [1.82, 2.24) is 5.32 Å². The number of ether oxygens (including phenoxy) is 1. The summed E-state index contributed by atoms with van der Waals surface area (Å²) in [5.41, 5.74) is 2.32. The summed E-state index contributed by atoms with van der Waals surface area (Å²) in [5, 5.41) is 11.5. The second kappa shape index (κ2) is 8.38. The van der Waals surface area contributed by atoms with E-state index in [1.807, 2.05) is 37.3 Å². The summed E-state index contributed by atoms with van der Waals surface area (Å²) in [6.45, 7) is 1.90. The molecular formula is C22H17N3O4S. The maximum atomic E-state index is 12.7. The van der Waals surface area contributed by atoms with Crippen molar-refractivity contribution in [2.45, 2.75) is 6.92 Å². The number of nitrogens with zero attached hydrogens (tertiary/aromatic N) is 2. The van der Waals surface area contributed by atoms with E-state index < -0.39 is 0 Å². The minimum Gasteiger partial charge on any atom is -0.496 e. The number of carbonyl (C=O) groups excluding carboxylic acids is 1. The number of hydrogen-bond donors (Lipinski definition) is 1. The van der Waals surface area contributed by atoms with Crippen LogP contribution in [0.5, 0.6) is 5.75 Å². The number of fused-ring (bicyclic) bond motifs is 1. The minimum atomic E-state index is -0.352. The van der Waals surface area contributed by atoms with Crippen LogP contribution in [0.2, 0.25) is 0 Å². The molecule has 150 valence electrons. The van der Waals surface area contributed by atoms with Crippen molar-refractivity contribution in [1.29, 1.82) is 0 Å². The number of benzene rings is 2. The fourth-order valence-electron chi connectivity index (χ4n) is 2.89. The second-order valence-corrected chi connectivity index (χ2v) is 7.51. The van der Waals surface area contributed by atoms with Crippen LogP contribution in [0.1, 0.15) is 16.7 Å². The highest BCUT2D eigenvalue weighted by Gasteiger charge is 2.24. The van der Waals surface area contributed by atoms with E-state index in [1.54, 1.807) is 25.5 Å². The van der Waals surface area contributed by atoms with Crippen molar-refractivity contribution in [2.24, 2.45) is 10.2 Å². The first-order valence-electron chi connectivity index (χ1n) is 9.02. The van der Waals surface area contributed by atoms with Crippen LogP contribution in [0, 0.1) is 6.92 Å². The van der Waals surface area contributed by atoms with Gasteiger partial charge in [0.25, 0.3) is 5.91 Å². The van der Waals surface area contributed by atoms with E-state index in [9.17, 15) is 9.59 Å². The van der Waals surface area contributed by atoms with Gasteiger partial charge in [0, 0.05) is 5.56 Å². The monoisotopic (exact) mass is 419 g/mol. The van der Waals surface area contributed by atoms with Crippen molar-refractivity contribution in [2.75, 3.05) is 7.11 Å². The normalized spacial score (nSPS) is 16.7.